The maximum Gasteiger partial charge on any atom is -0.0133 e. The summed E-state index contributed by atoms with van der Waals surface area (Å²) in [7, 11) is 0. The zero-order chi connectivity index (χ0) is 23.5. The van der Waals surface area contributed by atoms with Gasteiger partial charge in [0.25, 0.3) is 0 Å². The lowest BCUT2D eigenvalue weighted by atomic mass is 9.43. The number of hydrogen-bond acceptors (Lipinski definition) is 0. The summed E-state index contributed by atoms with van der Waals surface area (Å²) in [6.07, 6.45) is 31.4. The molecule has 0 saturated heterocycles. The summed E-state index contributed by atoms with van der Waals surface area (Å²) in [6, 6.07) is 0. The first-order valence-electron chi connectivity index (χ1n) is 16.6. The molecule has 35 heavy (non-hydrogen) atoms. The van der Waals surface area contributed by atoms with Crippen molar-refractivity contribution in [2.75, 3.05) is 0 Å². The van der Waals surface area contributed by atoms with Gasteiger partial charge >= 0.3 is 0 Å². The van der Waals surface area contributed by atoms with Crippen molar-refractivity contribution in [1.29, 1.82) is 0 Å². The molecule has 194 valence electrons. The van der Waals surface area contributed by atoms with Crippen LogP contribution in [0.1, 0.15) is 123 Å². The molecule has 11 atom stereocenters. The Morgan fingerprint density at radius 3 is 1.69 bits per heavy atom. The summed E-state index contributed by atoms with van der Waals surface area (Å²) >= 11 is 0. The van der Waals surface area contributed by atoms with Crippen LogP contribution in [0.2, 0.25) is 0 Å². The number of rotatable bonds is 4. The van der Waals surface area contributed by atoms with Gasteiger partial charge in [0.1, 0.15) is 0 Å². The molecule has 0 heteroatoms. The minimum atomic E-state index is 0.881. The molecule has 0 spiro atoms. The van der Waals surface area contributed by atoms with E-state index in [1.165, 1.54) is 19.3 Å². The van der Waals surface area contributed by atoms with E-state index in [2.05, 4.69) is 26.0 Å². The van der Waals surface area contributed by atoms with Crippen LogP contribution in [-0.4, -0.2) is 0 Å². The molecule has 0 nitrogen and oxygen atoms in total. The second-order valence-corrected chi connectivity index (χ2v) is 14.9. The molecular formula is C35H54. The Labute approximate surface area is 217 Å². The van der Waals surface area contributed by atoms with Crippen LogP contribution in [0.3, 0.4) is 0 Å². The highest BCUT2D eigenvalue weighted by Crippen LogP contribution is 2.65. The first kappa shape index (κ1) is 23.6. The minimum Gasteiger partial charge on any atom is -0.0619 e. The molecule has 0 aromatic heterocycles. The van der Waals surface area contributed by atoms with E-state index < -0.39 is 0 Å². The van der Waals surface area contributed by atoms with Crippen molar-refractivity contribution < 1.29 is 0 Å². The fourth-order valence-electron chi connectivity index (χ4n) is 12.4. The Hall–Kier alpha value is -0.520. The predicted octanol–water partition coefficient (Wildman–Crippen LogP) is 10.0. The van der Waals surface area contributed by atoms with E-state index in [0.717, 1.165) is 71.0 Å². The second-order valence-electron chi connectivity index (χ2n) is 14.9. The van der Waals surface area contributed by atoms with Gasteiger partial charge in [0, 0.05) is 0 Å². The van der Waals surface area contributed by atoms with Gasteiger partial charge in [-0.05, 0) is 159 Å². The van der Waals surface area contributed by atoms with Gasteiger partial charge in [-0.3, -0.25) is 0 Å². The average Bonchev–Trinajstić information content (AvgIpc) is 2.88. The van der Waals surface area contributed by atoms with Gasteiger partial charge in [0.05, 0.1) is 0 Å². The molecule has 0 heterocycles. The normalized spacial score (nSPS) is 49.9. The lowest BCUT2D eigenvalue weighted by molar-refractivity contribution is -0.134. The quantitative estimate of drug-likeness (QED) is 0.380. The monoisotopic (exact) mass is 474 g/mol. The third-order valence-corrected chi connectivity index (χ3v) is 13.8. The Balaban J connectivity index is 1.08. The van der Waals surface area contributed by atoms with Crippen molar-refractivity contribution in [3.05, 3.63) is 23.3 Å². The lowest BCUT2D eigenvalue weighted by Gasteiger charge is -2.62. The number of hydrogen-bond donors (Lipinski definition) is 0. The Kier molecular flexibility index (Phi) is 6.51. The van der Waals surface area contributed by atoms with E-state index in [1.54, 1.807) is 101 Å². The zero-order valence-corrected chi connectivity index (χ0v) is 23.1. The maximum absolute atomic E-state index is 2.62. The van der Waals surface area contributed by atoms with E-state index in [4.69, 9.17) is 0 Å². The van der Waals surface area contributed by atoms with Crippen molar-refractivity contribution in [3.8, 4) is 0 Å². The molecule has 7 aliphatic carbocycles. The van der Waals surface area contributed by atoms with Gasteiger partial charge in [-0.25, -0.2) is 0 Å². The van der Waals surface area contributed by atoms with Gasteiger partial charge in [-0.1, -0.05) is 58.1 Å². The Morgan fingerprint density at radius 2 is 1.14 bits per heavy atom. The smallest absolute Gasteiger partial charge is 0.0133 e. The third kappa shape index (κ3) is 3.96. The Morgan fingerprint density at radius 1 is 0.571 bits per heavy atom. The lowest BCUT2D eigenvalue weighted by Crippen LogP contribution is -2.55. The molecule has 0 bridgehead atoms. The fourth-order valence-corrected chi connectivity index (χ4v) is 12.4. The van der Waals surface area contributed by atoms with E-state index >= 15 is 0 Å². The molecule has 0 aromatic carbocycles. The van der Waals surface area contributed by atoms with Gasteiger partial charge in [0.15, 0.2) is 0 Å². The van der Waals surface area contributed by atoms with E-state index in [9.17, 15) is 0 Å². The third-order valence-electron chi connectivity index (χ3n) is 13.8. The highest BCUT2D eigenvalue weighted by atomic mass is 14.6. The predicted molar refractivity (Wildman–Crippen MR) is 148 cm³/mol. The van der Waals surface area contributed by atoms with Crippen LogP contribution in [0.15, 0.2) is 23.3 Å². The van der Waals surface area contributed by atoms with Crippen LogP contribution >= 0.6 is 0 Å². The maximum atomic E-state index is 2.62. The molecule has 11 unspecified atom stereocenters. The van der Waals surface area contributed by atoms with Crippen LogP contribution in [0.4, 0.5) is 0 Å². The summed E-state index contributed by atoms with van der Waals surface area (Å²) in [6.45, 7) is 4.98. The van der Waals surface area contributed by atoms with E-state index in [1.807, 2.05) is 0 Å². The molecule has 7 aliphatic rings. The SMILES string of the molecule is CCC1=CC=C1C1CCC(C2CCC3CCC4C(C5CCCCC5)CCC5CCC2C3C54)CC1C. The van der Waals surface area contributed by atoms with E-state index in [0.29, 0.717) is 0 Å². The highest BCUT2D eigenvalue weighted by Gasteiger charge is 2.57. The standard InChI is InChI=1S/C35H54/c1-3-23-9-16-29(23)28-15-14-27(21-22(28)2)31-18-11-26-12-19-32-30(24-7-5-4-6-8-24)17-10-25-13-20-33(31)35(26)34(25)32/h9,16,22,24-28,30-35H,3-8,10-15,17-21H2,1-2H3. The molecule has 0 N–H and O–H groups in total. The molecule has 6 fully saturated rings. The average molecular weight is 475 g/mol. The van der Waals surface area contributed by atoms with Crippen LogP contribution in [0, 0.1) is 71.0 Å². The van der Waals surface area contributed by atoms with Crippen molar-refractivity contribution in [2.45, 2.75) is 123 Å². The first-order chi connectivity index (χ1) is 17.2. The molecule has 0 radical (unpaired) electrons. The largest absolute Gasteiger partial charge is 0.0619 e. The topological polar surface area (TPSA) is 0 Å². The minimum absolute atomic E-state index is 0.881. The first-order valence-corrected chi connectivity index (χ1v) is 16.6. The van der Waals surface area contributed by atoms with Crippen molar-refractivity contribution in [2.24, 2.45) is 71.0 Å². The summed E-state index contributed by atoms with van der Waals surface area (Å²) in [5.74, 6) is 13.0. The fraction of sp³-hybridized carbons (Fsp3) is 0.886. The van der Waals surface area contributed by atoms with Crippen LogP contribution in [0.25, 0.3) is 0 Å². The summed E-state index contributed by atoms with van der Waals surface area (Å²) in [4.78, 5) is 0. The Bertz CT molecular complexity index is 825. The van der Waals surface area contributed by atoms with E-state index in [-0.39, 0.29) is 0 Å². The highest BCUT2D eigenvalue weighted by molar-refractivity contribution is 5.47. The van der Waals surface area contributed by atoms with Gasteiger partial charge in [-0.2, -0.15) is 0 Å². The molecule has 0 aliphatic heterocycles. The van der Waals surface area contributed by atoms with Crippen LogP contribution < -0.4 is 0 Å². The summed E-state index contributed by atoms with van der Waals surface area (Å²) in [5, 5.41) is 0. The van der Waals surface area contributed by atoms with Crippen molar-refractivity contribution in [1.82, 2.24) is 0 Å². The molecule has 6 saturated carbocycles. The molecule has 0 amide bonds. The van der Waals surface area contributed by atoms with Crippen molar-refractivity contribution in [3.63, 3.8) is 0 Å². The van der Waals surface area contributed by atoms with Crippen molar-refractivity contribution >= 4 is 0 Å². The van der Waals surface area contributed by atoms with Crippen LogP contribution in [-0.2, 0) is 0 Å². The molecule has 7 rings (SSSR count). The van der Waals surface area contributed by atoms with Crippen LogP contribution in [0.5, 0.6) is 0 Å². The summed E-state index contributed by atoms with van der Waals surface area (Å²) in [5.41, 5.74) is 3.44. The van der Waals surface area contributed by atoms with Gasteiger partial charge < -0.3 is 0 Å². The molecular weight excluding hydrogens is 420 g/mol. The summed E-state index contributed by atoms with van der Waals surface area (Å²) < 4.78 is 0. The molecule has 0 aromatic rings. The number of allylic oxidation sites excluding steroid dienone is 4. The zero-order valence-electron chi connectivity index (χ0n) is 23.1. The van der Waals surface area contributed by atoms with Gasteiger partial charge in [0.2, 0.25) is 0 Å². The second kappa shape index (κ2) is 9.66. The van der Waals surface area contributed by atoms with Gasteiger partial charge in [-0.15, -0.1) is 0 Å².